The molecule has 1 saturated carbocycles. The van der Waals surface area contributed by atoms with Crippen LogP contribution in [0.25, 0.3) is 0 Å². The van der Waals surface area contributed by atoms with Gasteiger partial charge in [0, 0.05) is 6.54 Å². The summed E-state index contributed by atoms with van der Waals surface area (Å²) in [6.07, 6.45) is 5.18. The Morgan fingerprint density at radius 3 is 2.43 bits per heavy atom. The molecule has 0 aliphatic heterocycles. The van der Waals surface area contributed by atoms with E-state index in [9.17, 15) is 4.79 Å². The predicted molar refractivity (Wildman–Crippen MR) is 111 cm³/mol. The lowest BCUT2D eigenvalue weighted by Gasteiger charge is -2.20. The van der Waals surface area contributed by atoms with Gasteiger partial charge in [-0.2, -0.15) is 0 Å². The molecular weight excluding hydrogens is 350 g/mol. The Balaban J connectivity index is 1.44. The van der Waals surface area contributed by atoms with Crippen molar-refractivity contribution in [3.63, 3.8) is 0 Å². The minimum atomic E-state index is -0.347. The maximum absolute atomic E-state index is 12.5. The highest BCUT2D eigenvalue weighted by Gasteiger charge is 2.24. The van der Waals surface area contributed by atoms with Crippen molar-refractivity contribution in [2.75, 3.05) is 0 Å². The fourth-order valence-corrected chi connectivity index (χ4v) is 3.59. The lowest BCUT2D eigenvalue weighted by atomic mass is 10.1. The average molecular weight is 382 g/mol. The van der Waals surface area contributed by atoms with Crippen LogP contribution in [0.2, 0.25) is 0 Å². The van der Waals surface area contributed by atoms with Crippen molar-refractivity contribution >= 4 is 5.91 Å². The van der Waals surface area contributed by atoms with Crippen molar-refractivity contribution in [3.05, 3.63) is 71.3 Å². The van der Waals surface area contributed by atoms with Crippen molar-refractivity contribution < 1.29 is 14.3 Å². The van der Waals surface area contributed by atoms with Gasteiger partial charge in [0.05, 0.1) is 19.3 Å². The molecule has 28 heavy (non-hydrogen) atoms. The number of hydrogen-bond donors (Lipinski definition) is 1. The number of benzene rings is 2. The zero-order valence-corrected chi connectivity index (χ0v) is 16.7. The molecule has 1 N–H and O–H groups in total. The summed E-state index contributed by atoms with van der Waals surface area (Å²) in [5.74, 6) is -0.0138. The normalized spacial score (nSPS) is 15.5. The third-order valence-electron chi connectivity index (χ3n) is 5.16. The highest BCUT2D eigenvalue weighted by atomic mass is 16.5. The second-order valence-electron chi connectivity index (χ2n) is 7.46. The zero-order valence-electron chi connectivity index (χ0n) is 16.7. The molecule has 4 nitrogen and oxygen atoms in total. The summed E-state index contributed by atoms with van der Waals surface area (Å²) in [5, 5.41) is 3.03. The van der Waals surface area contributed by atoms with Crippen molar-refractivity contribution in [1.29, 1.82) is 0 Å². The van der Waals surface area contributed by atoms with Gasteiger partial charge in [-0.15, -0.1) is 0 Å². The zero-order chi connectivity index (χ0) is 19.6. The van der Waals surface area contributed by atoms with Gasteiger partial charge < -0.3 is 14.8 Å². The van der Waals surface area contributed by atoms with Gasteiger partial charge in [0.15, 0.2) is 0 Å². The first-order valence-electron chi connectivity index (χ1n) is 10.4. The Kier molecular flexibility index (Phi) is 8.07. The molecule has 3 rings (SSSR count). The summed E-state index contributed by atoms with van der Waals surface area (Å²) < 4.78 is 11.8. The smallest absolute Gasteiger partial charge is 0.249 e. The van der Waals surface area contributed by atoms with Gasteiger partial charge in [-0.3, -0.25) is 4.79 Å². The van der Waals surface area contributed by atoms with E-state index in [-0.39, 0.29) is 18.1 Å². The molecule has 1 amide bonds. The first-order chi connectivity index (χ1) is 13.7. The van der Waals surface area contributed by atoms with Crippen LogP contribution in [-0.4, -0.2) is 18.1 Å². The van der Waals surface area contributed by atoms with E-state index in [1.807, 2.05) is 43.3 Å². The van der Waals surface area contributed by atoms with Crippen LogP contribution in [0.3, 0.4) is 0 Å². The van der Waals surface area contributed by atoms with Gasteiger partial charge in [-0.1, -0.05) is 74.4 Å². The Hall–Kier alpha value is -2.17. The average Bonchev–Trinajstić information content (AvgIpc) is 3.25. The van der Waals surface area contributed by atoms with E-state index in [2.05, 4.69) is 23.5 Å². The Bertz CT molecular complexity index is 726. The van der Waals surface area contributed by atoms with Crippen LogP contribution < -0.4 is 5.32 Å². The van der Waals surface area contributed by atoms with Crippen LogP contribution >= 0.6 is 0 Å². The maximum Gasteiger partial charge on any atom is 0.249 e. The third-order valence-corrected chi connectivity index (χ3v) is 5.16. The summed E-state index contributed by atoms with van der Waals surface area (Å²) in [4.78, 5) is 12.5. The fourth-order valence-electron chi connectivity index (χ4n) is 3.59. The van der Waals surface area contributed by atoms with Gasteiger partial charge in [-0.05, 0) is 36.0 Å². The lowest BCUT2D eigenvalue weighted by molar-refractivity contribution is -0.136. The number of amides is 1. The summed E-state index contributed by atoms with van der Waals surface area (Å²) in [6.45, 7) is 3.66. The minimum Gasteiger partial charge on any atom is -0.372 e. The summed E-state index contributed by atoms with van der Waals surface area (Å²) in [6, 6.07) is 18.3. The number of carbonyl (C=O) groups excluding carboxylic acids is 1. The SMILES string of the molecule is CCC(OC1CCCC1)C(=O)NCc1cccc(COCc2ccccc2)c1. The van der Waals surface area contributed by atoms with Crippen molar-refractivity contribution in [3.8, 4) is 0 Å². The van der Waals surface area contributed by atoms with E-state index in [0.29, 0.717) is 26.2 Å². The molecule has 0 heterocycles. The molecule has 1 fully saturated rings. The van der Waals surface area contributed by atoms with Gasteiger partial charge in [0.2, 0.25) is 5.91 Å². The van der Waals surface area contributed by atoms with E-state index in [1.54, 1.807) is 0 Å². The molecule has 0 aromatic heterocycles. The van der Waals surface area contributed by atoms with Crippen LogP contribution in [0.5, 0.6) is 0 Å². The van der Waals surface area contributed by atoms with E-state index in [4.69, 9.17) is 9.47 Å². The number of rotatable bonds is 10. The van der Waals surface area contributed by atoms with Crippen molar-refractivity contribution in [1.82, 2.24) is 5.32 Å². The topological polar surface area (TPSA) is 47.6 Å². The first-order valence-corrected chi connectivity index (χ1v) is 10.4. The molecule has 2 aromatic carbocycles. The van der Waals surface area contributed by atoms with E-state index < -0.39 is 0 Å². The van der Waals surface area contributed by atoms with Crippen LogP contribution in [0, 0.1) is 0 Å². The summed E-state index contributed by atoms with van der Waals surface area (Å²) in [5.41, 5.74) is 3.35. The van der Waals surface area contributed by atoms with E-state index in [1.165, 1.54) is 18.4 Å². The molecular formula is C24H31NO3. The van der Waals surface area contributed by atoms with Gasteiger partial charge in [-0.25, -0.2) is 0 Å². The number of ether oxygens (including phenoxy) is 2. The Morgan fingerprint density at radius 1 is 1.00 bits per heavy atom. The molecule has 150 valence electrons. The highest BCUT2D eigenvalue weighted by molar-refractivity contribution is 5.80. The molecule has 0 spiro atoms. The molecule has 0 bridgehead atoms. The number of carbonyl (C=O) groups is 1. The molecule has 2 aromatic rings. The van der Waals surface area contributed by atoms with Gasteiger partial charge >= 0.3 is 0 Å². The molecule has 1 unspecified atom stereocenters. The minimum absolute atomic E-state index is 0.0138. The molecule has 0 radical (unpaired) electrons. The largest absolute Gasteiger partial charge is 0.372 e. The highest BCUT2D eigenvalue weighted by Crippen LogP contribution is 2.23. The Morgan fingerprint density at radius 2 is 1.68 bits per heavy atom. The van der Waals surface area contributed by atoms with Crippen molar-refractivity contribution in [2.24, 2.45) is 0 Å². The quantitative estimate of drug-likeness (QED) is 0.646. The molecule has 1 atom stereocenters. The molecule has 0 saturated heterocycles. The lowest BCUT2D eigenvalue weighted by Crippen LogP contribution is -2.37. The summed E-state index contributed by atoms with van der Waals surface area (Å²) >= 11 is 0. The van der Waals surface area contributed by atoms with Crippen molar-refractivity contribution in [2.45, 2.75) is 71.0 Å². The third kappa shape index (κ3) is 6.47. The second kappa shape index (κ2) is 11.0. The second-order valence-corrected chi connectivity index (χ2v) is 7.46. The van der Waals surface area contributed by atoms with Crippen LogP contribution in [-0.2, 0) is 34.0 Å². The molecule has 4 heteroatoms. The van der Waals surface area contributed by atoms with Crippen LogP contribution in [0.15, 0.2) is 54.6 Å². The van der Waals surface area contributed by atoms with Gasteiger partial charge in [0.25, 0.3) is 0 Å². The monoisotopic (exact) mass is 381 g/mol. The first kappa shape index (κ1) is 20.6. The standard InChI is InChI=1S/C24H31NO3/c1-2-23(28-22-13-6-7-14-22)24(26)25-16-20-11-8-12-21(15-20)18-27-17-19-9-4-3-5-10-19/h3-5,8-12,15,22-23H,2,6-7,13-14,16-18H2,1H3,(H,25,26). The number of nitrogens with one attached hydrogen (secondary N) is 1. The molecule has 1 aliphatic carbocycles. The van der Waals surface area contributed by atoms with Crippen LogP contribution in [0.1, 0.15) is 55.7 Å². The predicted octanol–water partition coefficient (Wildman–Crippen LogP) is 4.76. The maximum atomic E-state index is 12.5. The van der Waals surface area contributed by atoms with E-state index >= 15 is 0 Å². The van der Waals surface area contributed by atoms with Gasteiger partial charge in [0.1, 0.15) is 6.10 Å². The van der Waals surface area contributed by atoms with Crippen LogP contribution in [0.4, 0.5) is 0 Å². The molecule has 1 aliphatic rings. The van der Waals surface area contributed by atoms with E-state index in [0.717, 1.165) is 24.0 Å². The number of hydrogen-bond acceptors (Lipinski definition) is 3. The summed E-state index contributed by atoms with van der Waals surface area (Å²) in [7, 11) is 0. The Labute approximate surface area is 168 Å². The fraction of sp³-hybridized carbons (Fsp3) is 0.458.